The highest BCUT2D eigenvalue weighted by atomic mass is 16.2. The first-order valence-electron chi connectivity index (χ1n) is 7.03. The van der Waals surface area contributed by atoms with Crippen molar-refractivity contribution in [3.63, 3.8) is 0 Å². The minimum absolute atomic E-state index is 0.0915. The molecule has 5 heteroatoms. The lowest BCUT2D eigenvalue weighted by Crippen LogP contribution is -2.57. The van der Waals surface area contributed by atoms with Crippen molar-refractivity contribution >= 4 is 11.9 Å². The quantitative estimate of drug-likeness (QED) is 0.936. The Morgan fingerprint density at radius 1 is 1.14 bits per heavy atom. The molecule has 1 aromatic heterocycles. The van der Waals surface area contributed by atoms with Crippen LogP contribution in [0.25, 0.3) is 0 Å². The van der Waals surface area contributed by atoms with Crippen LogP contribution in [-0.2, 0) is 0 Å². The van der Waals surface area contributed by atoms with Crippen LogP contribution in [0.4, 0.5) is 5.95 Å². The van der Waals surface area contributed by atoms with Crippen molar-refractivity contribution in [3.8, 4) is 0 Å². The van der Waals surface area contributed by atoms with Crippen molar-refractivity contribution in [2.75, 3.05) is 18.4 Å². The summed E-state index contributed by atoms with van der Waals surface area (Å²) in [5.41, 5.74) is 3.00. The molecule has 1 fully saturated rings. The third-order valence-electron chi connectivity index (χ3n) is 3.54. The van der Waals surface area contributed by atoms with E-state index < -0.39 is 0 Å². The molecular weight excluding hydrogens is 264 g/mol. The molecule has 0 atom stereocenters. The van der Waals surface area contributed by atoms with Crippen LogP contribution in [0.15, 0.2) is 36.7 Å². The molecule has 1 N–H and O–H groups in total. The zero-order valence-electron chi connectivity index (χ0n) is 12.2. The number of hydrogen-bond donors (Lipinski definition) is 1. The van der Waals surface area contributed by atoms with E-state index in [2.05, 4.69) is 21.4 Å². The van der Waals surface area contributed by atoms with Gasteiger partial charge in [-0.1, -0.05) is 17.2 Å². The van der Waals surface area contributed by atoms with Crippen LogP contribution in [0.3, 0.4) is 0 Å². The average Bonchev–Trinajstić information content (AvgIpc) is 2.42. The van der Waals surface area contributed by atoms with E-state index in [1.807, 2.05) is 30.9 Å². The van der Waals surface area contributed by atoms with E-state index in [0.717, 1.165) is 16.7 Å². The Kier molecular flexibility index (Phi) is 3.56. The van der Waals surface area contributed by atoms with E-state index in [0.29, 0.717) is 19.0 Å². The fraction of sp³-hybridized carbons (Fsp3) is 0.312. The Labute approximate surface area is 124 Å². The Bertz CT molecular complexity index is 630. The number of carbonyl (C=O) groups excluding carboxylic acids is 1. The molecule has 1 aliphatic rings. The van der Waals surface area contributed by atoms with E-state index in [9.17, 15) is 4.79 Å². The Morgan fingerprint density at radius 2 is 1.76 bits per heavy atom. The minimum atomic E-state index is 0.0915. The van der Waals surface area contributed by atoms with E-state index in [1.165, 1.54) is 0 Å². The number of anilines is 1. The fourth-order valence-electron chi connectivity index (χ4n) is 2.57. The summed E-state index contributed by atoms with van der Waals surface area (Å²) < 4.78 is 0. The summed E-state index contributed by atoms with van der Waals surface area (Å²) in [6.07, 6.45) is 3.40. The van der Waals surface area contributed by atoms with Gasteiger partial charge in [0.25, 0.3) is 5.91 Å². The molecule has 1 amide bonds. The molecule has 5 nitrogen and oxygen atoms in total. The van der Waals surface area contributed by atoms with E-state index in [-0.39, 0.29) is 11.9 Å². The van der Waals surface area contributed by atoms with Gasteiger partial charge >= 0.3 is 0 Å². The molecule has 0 bridgehead atoms. The van der Waals surface area contributed by atoms with Crippen LogP contribution >= 0.6 is 0 Å². The van der Waals surface area contributed by atoms with Crippen LogP contribution in [0.5, 0.6) is 0 Å². The summed E-state index contributed by atoms with van der Waals surface area (Å²) in [5.74, 6) is 0.704. The normalized spacial score (nSPS) is 14.7. The third-order valence-corrected chi connectivity index (χ3v) is 3.54. The topological polar surface area (TPSA) is 58.1 Å². The zero-order valence-corrected chi connectivity index (χ0v) is 12.2. The number of carbonyl (C=O) groups is 1. The summed E-state index contributed by atoms with van der Waals surface area (Å²) in [5, 5.41) is 3.22. The number of likely N-dealkylation sites (tertiary alicyclic amines) is 1. The van der Waals surface area contributed by atoms with Gasteiger partial charge in [0.2, 0.25) is 5.95 Å². The van der Waals surface area contributed by atoms with Gasteiger partial charge in [0.05, 0.1) is 6.04 Å². The van der Waals surface area contributed by atoms with Crippen molar-refractivity contribution in [2.24, 2.45) is 0 Å². The molecule has 108 valence electrons. The smallest absolute Gasteiger partial charge is 0.254 e. The first-order valence-corrected chi connectivity index (χ1v) is 7.03. The maximum atomic E-state index is 12.4. The average molecular weight is 282 g/mol. The first kappa shape index (κ1) is 13.5. The molecule has 1 saturated heterocycles. The van der Waals surface area contributed by atoms with Gasteiger partial charge in [-0.25, -0.2) is 9.97 Å². The van der Waals surface area contributed by atoms with Crippen LogP contribution in [0.1, 0.15) is 21.5 Å². The van der Waals surface area contributed by atoms with Gasteiger partial charge in [-0.3, -0.25) is 4.79 Å². The fourth-order valence-corrected chi connectivity index (χ4v) is 2.57. The highest BCUT2D eigenvalue weighted by Gasteiger charge is 2.31. The largest absolute Gasteiger partial charge is 0.348 e. The highest BCUT2D eigenvalue weighted by Crippen LogP contribution is 2.17. The number of nitrogens with one attached hydrogen (secondary N) is 1. The van der Waals surface area contributed by atoms with Crippen molar-refractivity contribution in [1.29, 1.82) is 0 Å². The summed E-state index contributed by atoms with van der Waals surface area (Å²) in [6.45, 7) is 5.39. The van der Waals surface area contributed by atoms with Gasteiger partial charge in [0.15, 0.2) is 0 Å². The Hall–Kier alpha value is -2.43. The second kappa shape index (κ2) is 5.52. The maximum absolute atomic E-state index is 12.4. The lowest BCUT2D eigenvalue weighted by atomic mass is 10.0. The molecule has 1 aromatic carbocycles. The lowest BCUT2D eigenvalue weighted by molar-refractivity contribution is 0.0624. The number of hydrogen-bond acceptors (Lipinski definition) is 4. The van der Waals surface area contributed by atoms with Gasteiger partial charge < -0.3 is 10.2 Å². The second-order valence-corrected chi connectivity index (χ2v) is 5.50. The molecule has 1 aliphatic heterocycles. The third kappa shape index (κ3) is 3.02. The summed E-state index contributed by atoms with van der Waals surface area (Å²) in [4.78, 5) is 22.5. The minimum Gasteiger partial charge on any atom is -0.348 e. The van der Waals surface area contributed by atoms with Crippen molar-refractivity contribution in [1.82, 2.24) is 14.9 Å². The highest BCUT2D eigenvalue weighted by molar-refractivity contribution is 5.95. The molecule has 0 unspecified atom stereocenters. The van der Waals surface area contributed by atoms with Crippen LogP contribution in [0.2, 0.25) is 0 Å². The zero-order chi connectivity index (χ0) is 14.8. The van der Waals surface area contributed by atoms with E-state index >= 15 is 0 Å². The van der Waals surface area contributed by atoms with Gasteiger partial charge in [-0.05, 0) is 32.0 Å². The second-order valence-electron chi connectivity index (χ2n) is 5.50. The summed E-state index contributed by atoms with van der Waals surface area (Å²) >= 11 is 0. The number of aryl methyl sites for hydroxylation is 2. The van der Waals surface area contributed by atoms with Crippen LogP contribution < -0.4 is 5.32 Å². The van der Waals surface area contributed by atoms with Crippen molar-refractivity contribution < 1.29 is 4.79 Å². The number of nitrogens with zero attached hydrogens (tertiary/aromatic N) is 3. The molecule has 3 rings (SSSR count). The monoisotopic (exact) mass is 282 g/mol. The molecule has 0 saturated carbocycles. The maximum Gasteiger partial charge on any atom is 0.254 e. The Morgan fingerprint density at radius 3 is 2.38 bits per heavy atom. The standard InChI is InChI=1S/C16H18N4O/c1-11-6-12(2)8-13(7-11)15(21)20-9-14(10-20)19-16-17-4-3-5-18-16/h3-8,14H,9-10H2,1-2H3,(H,17,18,19). The summed E-state index contributed by atoms with van der Waals surface area (Å²) in [6, 6.07) is 7.96. The number of aromatic nitrogens is 2. The van der Waals surface area contributed by atoms with Crippen molar-refractivity contribution in [3.05, 3.63) is 53.3 Å². The van der Waals surface area contributed by atoms with E-state index in [1.54, 1.807) is 18.5 Å². The van der Waals surface area contributed by atoms with Gasteiger partial charge in [-0.15, -0.1) is 0 Å². The van der Waals surface area contributed by atoms with Gasteiger partial charge in [-0.2, -0.15) is 0 Å². The lowest BCUT2D eigenvalue weighted by Gasteiger charge is -2.39. The predicted molar refractivity (Wildman–Crippen MR) is 81.3 cm³/mol. The number of amides is 1. The van der Waals surface area contributed by atoms with E-state index in [4.69, 9.17) is 0 Å². The molecule has 2 heterocycles. The summed E-state index contributed by atoms with van der Waals surface area (Å²) in [7, 11) is 0. The molecule has 0 spiro atoms. The predicted octanol–water partition coefficient (Wildman–Crippen LogP) is 2.03. The number of rotatable bonds is 3. The number of benzene rings is 1. The van der Waals surface area contributed by atoms with Gasteiger partial charge in [0, 0.05) is 31.0 Å². The van der Waals surface area contributed by atoms with Crippen LogP contribution in [0, 0.1) is 13.8 Å². The van der Waals surface area contributed by atoms with Gasteiger partial charge in [0.1, 0.15) is 0 Å². The molecular formula is C16H18N4O. The SMILES string of the molecule is Cc1cc(C)cc(C(=O)N2CC(Nc3ncccn3)C2)c1. The Balaban J connectivity index is 1.59. The first-order chi connectivity index (χ1) is 10.1. The molecule has 2 aromatic rings. The van der Waals surface area contributed by atoms with Crippen molar-refractivity contribution in [2.45, 2.75) is 19.9 Å². The molecule has 21 heavy (non-hydrogen) atoms. The molecule has 0 aliphatic carbocycles. The molecule has 0 radical (unpaired) electrons. The van der Waals surface area contributed by atoms with Crippen LogP contribution in [-0.4, -0.2) is 39.9 Å².